The van der Waals surface area contributed by atoms with Gasteiger partial charge in [-0.1, -0.05) is 158 Å². The summed E-state index contributed by atoms with van der Waals surface area (Å²) >= 11 is 0. The Morgan fingerprint density at radius 1 is 0.250 bits per heavy atom. The molecule has 0 aliphatic heterocycles. The second kappa shape index (κ2) is 15.2. The summed E-state index contributed by atoms with van der Waals surface area (Å²) in [6.45, 7) is 0. The lowest BCUT2D eigenvalue weighted by Gasteiger charge is -2.11. The van der Waals surface area contributed by atoms with E-state index in [1.54, 1.807) is 12.1 Å². The van der Waals surface area contributed by atoms with E-state index in [1.165, 1.54) is 0 Å². The van der Waals surface area contributed by atoms with Crippen molar-refractivity contribution in [3.05, 3.63) is 194 Å². The van der Waals surface area contributed by atoms with Crippen LogP contribution in [-0.4, -0.2) is 29.9 Å². The highest BCUT2D eigenvalue weighted by Gasteiger charge is 2.15. The number of hydrogen-bond acceptors (Lipinski definition) is 7. The van der Waals surface area contributed by atoms with Gasteiger partial charge < -0.3 is 0 Å². The van der Waals surface area contributed by atoms with E-state index in [0.717, 1.165) is 55.6 Å². The van der Waals surface area contributed by atoms with Crippen LogP contribution in [-0.2, 0) is 0 Å². The normalized spacial score (nSPS) is 10.8. The van der Waals surface area contributed by atoms with Gasteiger partial charge in [-0.05, 0) is 52.6 Å². The van der Waals surface area contributed by atoms with Crippen LogP contribution >= 0.6 is 0 Å². The molecule has 0 unspecified atom stereocenters. The van der Waals surface area contributed by atoms with Crippen LogP contribution in [0.2, 0.25) is 0 Å². The number of rotatable bonds is 8. The zero-order chi connectivity index (χ0) is 37.7. The molecule has 0 spiro atoms. The molecule has 0 N–H and O–H groups in total. The van der Waals surface area contributed by atoms with Crippen LogP contribution < -0.4 is 0 Å². The van der Waals surface area contributed by atoms with Crippen LogP contribution in [0.25, 0.3) is 90.6 Å². The molecule has 0 radical (unpaired) electrons. The van der Waals surface area contributed by atoms with E-state index in [1.807, 2.05) is 115 Å². The van der Waals surface area contributed by atoms with Crippen molar-refractivity contribution in [2.75, 3.05) is 0 Å². The van der Waals surface area contributed by atoms with Crippen molar-refractivity contribution in [1.29, 1.82) is 5.26 Å². The molecule has 7 aromatic carbocycles. The molecule has 2 heterocycles. The first-order valence-corrected chi connectivity index (χ1v) is 18.2. The molecule has 0 aliphatic carbocycles. The van der Waals surface area contributed by atoms with Crippen LogP contribution in [0, 0.1) is 11.3 Å². The third-order valence-electron chi connectivity index (χ3n) is 9.45. The van der Waals surface area contributed by atoms with Gasteiger partial charge in [0.2, 0.25) is 0 Å². The molecule has 0 saturated heterocycles. The number of benzene rings is 7. The van der Waals surface area contributed by atoms with Crippen molar-refractivity contribution in [2.24, 2.45) is 0 Å². The van der Waals surface area contributed by atoms with Crippen LogP contribution in [0.5, 0.6) is 0 Å². The molecule has 0 atom stereocenters. The highest BCUT2D eigenvalue weighted by atomic mass is 15.0. The first kappa shape index (κ1) is 33.9. The van der Waals surface area contributed by atoms with E-state index in [9.17, 15) is 5.26 Å². The molecule has 7 nitrogen and oxygen atoms in total. The summed E-state index contributed by atoms with van der Waals surface area (Å²) in [6.07, 6.45) is 0. The Kier molecular flexibility index (Phi) is 9.18. The van der Waals surface area contributed by atoms with Gasteiger partial charge >= 0.3 is 0 Å². The van der Waals surface area contributed by atoms with E-state index in [2.05, 4.69) is 66.7 Å². The minimum atomic E-state index is 0.536. The monoisotopic (exact) mass is 717 g/mol. The fourth-order valence-corrected chi connectivity index (χ4v) is 6.49. The van der Waals surface area contributed by atoms with Crippen LogP contribution in [0.15, 0.2) is 188 Å². The minimum absolute atomic E-state index is 0.536. The predicted octanol–water partition coefficient (Wildman–Crippen LogP) is 11.3. The van der Waals surface area contributed by atoms with Gasteiger partial charge in [0.25, 0.3) is 0 Å². The van der Waals surface area contributed by atoms with Gasteiger partial charge in [0.1, 0.15) is 0 Å². The summed E-state index contributed by atoms with van der Waals surface area (Å²) in [5, 5.41) is 9.31. The second-order valence-electron chi connectivity index (χ2n) is 13.1. The first-order valence-electron chi connectivity index (χ1n) is 18.2. The maximum Gasteiger partial charge on any atom is 0.164 e. The molecular formula is C49H31N7. The lowest BCUT2D eigenvalue weighted by atomic mass is 10.0. The number of aromatic nitrogens is 6. The van der Waals surface area contributed by atoms with Crippen LogP contribution in [0.4, 0.5) is 0 Å². The predicted molar refractivity (Wildman–Crippen MR) is 221 cm³/mol. The molecule has 262 valence electrons. The Hall–Kier alpha value is -7.95. The molecule has 0 fully saturated rings. The summed E-state index contributed by atoms with van der Waals surface area (Å²) in [7, 11) is 0. The summed E-state index contributed by atoms with van der Waals surface area (Å²) in [5.74, 6) is 3.48. The lowest BCUT2D eigenvalue weighted by Crippen LogP contribution is -2.00. The van der Waals surface area contributed by atoms with Crippen molar-refractivity contribution in [3.8, 4) is 96.7 Å². The van der Waals surface area contributed by atoms with Gasteiger partial charge in [0.05, 0.1) is 11.6 Å². The quantitative estimate of drug-likeness (QED) is 0.154. The average molecular weight is 718 g/mol. The van der Waals surface area contributed by atoms with Gasteiger partial charge in [-0.2, -0.15) is 5.26 Å². The lowest BCUT2D eigenvalue weighted by molar-refractivity contribution is 1.07. The SMILES string of the molecule is N#Cc1ccc(-c2nc(-c3ccccc3)nc(-c3ccc(-c4cccc(-c5nc(-c6ccccc6)nc(-c6ccc(-c7ccccc7)cc6)n5)c4)cc3)n2)cc1. The molecule has 2 aromatic heterocycles. The standard InChI is InChI=1S/C49H31N7/c50-32-33-19-21-39(22-20-33)46-51-44(37-13-6-2-7-14-37)52-47(54-46)41-29-25-36(26-30-41)42-17-10-18-43(31-42)49-55-45(38-15-8-3-9-16-38)53-48(56-49)40-27-23-35(24-28-40)34-11-4-1-5-12-34/h1-31H. The first-order chi connectivity index (χ1) is 27.7. The average Bonchev–Trinajstić information content (AvgIpc) is 3.30. The molecule has 0 saturated carbocycles. The highest BCUT2D eigenvalue weighted by Crippen LogP contribution is 2.31. The maximum atomic E-state index is 9.31. The third kappa shape index (κ3) is 7.19. The van der Waals surface area contributed by atoms with Crippen molar-refractivity contribution in [3.63, 3.8) is 0 Å². The number of hydrogen-bond donors (Lipinski definition) is 0. The largest absolute Gasteiger partial charge is 0.208 e. The zero-order valence-corrected chi connectivity index (χ0v) is 30.0. The van der Waals surface area contributed by atoms with E-state index in [0.29, 0.717) is 40.5 Å². The van der Waals surface area contributed by atoms with Crippen molar-refractivity contribution in [1.82, 2.24) is 29.9 Å². The molecule has 7 heteroatoms. The molecule has 9 rings (SSSR count). The van der Waals surface area contributed by atoms with E-state index < -0.39 is 0 Å². The fourth-order valence-electron chi connectivity index (χ4n) is 6.49. The Morgan fingerprint density at radius 2 is 0.518 bits per heavy atom. The molecule has 0 aliphatic rings. The van der Waals surface area contributed by atoms with Gasteiger partial charge in [-0.25, -0.2) is 29.9 Å². The van der Waals surface area contributed by atoms with Gasteiger partial charge in [0.15, 0.2) is 34.9 Å². The van der Waals surface area contributed by atoms with E-state index in [4.69, 9.17) is 29.9 Å². The summed E-state index contributed by atoms with van der Waals surface area (Å²) < 4.78 is 0. The smallest absolute Gasteiger partial charge is 0.164 e. The maximum absolute atomic E-state index is 9.31. The van der Waals surface area contributed by atoms with Crippen LogP contribution in [0.3, 0.4) is 0 Å². The van der Waals surface area contributed by atoms with Crippen molar-refractivity contribution in [2.45, 2.75) is 0 Å². The molecule has 56 heavy (non-hydrogen) atoms. The Labute approximate surface area is 324 Å². The third-order valence-corrected chi connectivity index (χ3v) is 9.45. The summed E-state index contributed by atoms with van der Waals surface area (Å²) in [4.78, 5) is 29.5. The van der Waals surface area contributed by atoms with Gasteiger partial charge in [0, 0.05) is 33.4 Å². The molecular weight excluding hydrogens is 687 g/mol. The molecule has 0 amide bonds. The zero-order valence-electron chi connectivity index (χ0n) is 30.0. The highest BCUT2D eigenvalue weighted by molar-refractivity contribution is 5.75. The minimum Gasteiger partial charge on any atom is -0.208 e. The van der Waals surface area contributed by atoms with E-state index in [-0.39, 0.29) is 0 Å². The Bertz CT molecular complexity index is 2820. The van der Waals surface area contributed by atoms with Crippen molar-refractivity contribution < 1.29 is 0 Å². The van der Waals surface area contributed by atoms with Gasteiger partial charge in [-0.3, -0.25) is 0 Å². The Balaban J connectivity index is 1.06. The number of nitriles is 1. The second-order valence-corrected chi connectivity index (χ2v) is 13.1. The van der Waals surface area contributed by atoms with E-state index >= 15 is 0 Å². The number of nitrogens with zero attached hydrogens (tertiary/aromatic N) is 7. The fraction of sp³-hybridized carbons (Fsp3) is 0. The van der Waals surface area contributed by atoms with Gasteiger partial charge in [-0.15, -0.1) is 0 Å². The summed E-state index contributed by atoms with van der Waals surface area (Å²) in [6, 6.07) is 64.4. The summed E-state index contributed by atoms with van der Waals surface area (Å²) in [5.41, 5.74) is 10.2. The molecule has 0 bridgehead atoms. The van der Waals surface area contributed by atoms with Crippen molar-refractivity contribution >= 4 is 0 Å². The van der Waals surface area contributed by atoms with Crippen LogP contribution in [0.1, 0.15) is 5.56 Å². The Morgan fingerprint density at radius 3 is 0.929 bits per heavy atom. The topological polar surface area (TPSA) is 101 Å². The molecule has 9 aromatic rings.